The Morgan fingerprint density at radius 3 is 2.62 bits per heavy atom. The fourth-order valence-electron chi connectivity index (χ4n) is 5.28. The van der Waals surface area contributed by atoms with Crippen LogP contribution >= 0.6 is 15.9 Å². The molecule has 4 aromatic rings. The number of benzene rings is 4. The van der Waals surface area contributed by atoms with Gasteiger partial charge in [-0.25, -0.2) is 4.39 Å². The van der Waals surface area contributed by atoms with E-state index >= 15 is 0 Å². The van der Waals surface area contributed by atoms with Gasteiger partial charge in [0.15, 0.2) is 0 Å². The summed E-state index contributed by atoms with van der Waals surface area (Å²) >= 11 is 3.54. The lowest BCUT2D eigenvalue weighted by Gasteiger charge is -2.37. The molecule has 1 aliphatic carbocycles. The zero-order chi connectivity index (χ0) is 25.2. The number of rotatable bonds is 6. The molecule has 5 heteroatoms. The number of halogens is 2. The van der Waals surface area contributed by atoms with Crippen molar-refractivity contribution in [3.8, 4) is 5.75 Å². The van der Waals surface area contributed by atoms with Crippen molar-refractivity contribution in [1.29, 1.82) is 0 Å². The number of para-hydroxylation sites is 1. The van der Waals surface area contributed by atoms with Crippen LogP contribution in [0.15, 0.2) is 113 Å². The number of hydrogen-bond donors (Lipinski definition) is 1. The molecule has 6 rings (SSSR count). The van der Waals surface area contributed by atoms with Crippen molar-refractivity contribution in [2.45, 2.75) is 25.0 Å². The van der Waals surface area contributed by atoms with Gasteiger partial charge in [0.05, 0.1) is 11.7 Å². The third kappa shape index (κ3) is 5.09. The molecule has 3 nitrogen and oxygen atoms in total. The Morgan fingerprint density at radius 2 is 1.78 bits per heavy atom. The Morgan fingerprint density at radius 1 is 0.973 bits per heavy atom. The van der Waals surface area contributed by atoms with Gasteiger partial charge in [-0.1, -0.05) is 70.5 Å². The highest BCUT2D eigenvalue weighted by Gasteiger charge is 2.37. The summed E-state index contributed by atoms with van der Waals surface area (Å²) in [6.07, 6.45) is 7.59. The fourth-order valence-corrected chi connectivity index (χ4v) is 5.66. The van der Waals surface area contributed by atoms with Crippen LogP contribution in [0.25, 0.3) is 0 Å². The Kier molecular flexibility index (Phi) is 6.62. The van der Waals surface area contributed by atoms with Crippen molar-refractivity contribution in [1.82, 2.24) is 0 Å². The third-order valence-corrected chi connectivity index (χ3v) is 7.65. The summed E-state index contributed by atoms with van der Waals surface area (Å²) in [7, 11) is 0. The summed E-state index contributed by atoms with van der Waals surface area (Å²) < 4.78 is 20.2. The Labute approximate surface area is 224 Å². The van der Waals surface area contributed by atoms with Crippen LogP contribution in [0.1, 0.15) is 40.6 Å². The number of anilines is 1. The average molecular weight is 553 g/mol. The quantitative estimate of drug-likeness (QED) is 0.191. The SMILES string of the molecule is Fc1ccc(COc2ccc(Br)cc2C=Nc2ccc([C@@H]3Nc4ccccc4[C@H]4C=CC[C@H]43)cc2)cc1. The molecular weight excluding hydrogens is 527 g/mol. The van der Waals surface area contributed by atoms with E-state index in [-0.39, 0.29) is 11.9 Å². The lowest BCUT2D eigenvalue weighted by atomic mass is 9.77. The standard InChI is InChI=1S/C32H26BrFN2O/c33-24-12-17-31(37-20-21-8-13-25(34)14-9-21)23(18-24)19-35-26-15-10-22(11-16-26)32-29-6-3-5-27(29)28-4-1-2-7-30(28)36-32/h1-5,7-19,27,29,32,36H,6,20H2/t27-,29-,32+/m1/s1. The number of aliphatic imine (C=N–C) groups is 1. The van der Waals surface area contributed by atoms with Crippen LogP contribution in [0, 0.1) is 11.7 Å². The summed E-state index contributed by atoms with van der Waals surface area (Å²) in [6, 6.07) is 29.6. The van der Waals surface area contributed by atoms with Gasteiger partial charge in [-0.05, 0) is 77.6 Å². The van der Waals surface area contributed by atoms with E-state index in [0.29, 0.717) is 18.4 Å². The van der Waals surface area contributed by atoms with Crippen molar-refractivity contribution < 1.29 is 9.13 Å². The minimum absolute atomic E-state index is 0.255. The summed E-state index contributed by atoms with van der Waals surface area (Å²) in [5.41, 5.74) is 6.55. The van der Waals surface area contributed by atoms with Crippen LogP contribution in [0.3, 0.4) is 0 Å². The van der Waals surface area contributed by atoms with Gasteiger partial charge < -0.3 is 10.1 Å². The maximum absolute atomic E-state index is 13.2. The monoisotopic (exact) mass is 552 g/mol. The predicted molar refractivity (Wildman–Crippen MR) is 151 cm³/mol. The van der Waals surface area contributed by atoms with Gasteiger partial charge in [-0.2, -0.15) is 0 Å². The molecule has 0 spiro atoms. The number of hydrogen-bond acceptors (Lipinski definition) is 3. The Bertz CT molecular complexity index is 1460. The smallest absolute Gasteiger partial charge is 0.128 e. The lowest BCUT2D eigenvalue weighted by molar-refractivity contribution is 0.305. The van der Waals surface area contributed by atoms with E-state index in [2.05, 4.69) is 81.9 Å². The zero-order valence-corrected chi connectivity index (χ0v) is 21.7. The summed E-state index contributed by atoms with van der Waals surface area (Å²) in [5, 5.41) is 3.79. The van der Waals surface area contributed by atoms with Gasteiger partial charge in [0.1, 0.15) is 18.2 Å². The normalized spacial score (nSPS) is 19.9. The second kappa shape index (κ2) is 10.3. The van der Waals surface area contributed by atoms with E-state index in [1.165, 1.54) is 28.9 Å². The van der Waals surface area contributed by atoms with E-state index in [1.807, 2.05) is 24.4 Å². The molecular formula is C32H26BrFN2O. The topological polar surface area (TPSA) is 33.6 Å². The summed E-state index contributed by atoms with van der Waals surface area (Å²) in [5.74, 6) is 1.45. The van der Waals surface area contributed by atoms with Crippen molar-refractivity contribution in [2.75, 3.05) is 5.32 Å². The number of fused-ring (bicyclic) bond motifs is 3. The maximum atomic E-state index is 13.2. The molecule has 184 valence electrons. The minimum Gasteiger partial charge on any atom is -0.488 e. The predicted octanol–water partition coefficient (Wildman–Crippen LogP) is 8.74. The molecule has 0 fully saturated rings. The molecule has 1 N–H and O–H groups in total. The van der Waals surface area contributed by atoms with Crippen LogP contribution in [-0.4, -0.2) is 6.21 Å². The summed E-state index contributed by atoms with van der Waals surface area (Å²) in [6.45, 7) is 0.353. The van der Waals surface area contributed by atoms with Gasteiger partial charge in [0, 0.05) is 27.9 Å². The average Bonchev–Trinajstić information content (AvgIpc) is 3.43. The van der Waals surface area contributed by atoms with Crippen molar-refractivity contribution >= 4 is 33.5 Å². The van der Waals surface area contributed by atoms with Crippen molar-refractivity contribution in [2.24, 2.45) is 10.9 Å². The van der Waals surface area contributed by atoms with Gasteiger partial charge >= 0.3 is 0 Å². The highest BCUT2D eigenvalue weighted by Crippen LogP contribution is 2.49. The molecule has 0 saturated carbocycles. The molecule has 0 unspecified atom stereocenters. The van der Waals surface area contributed by atoms with Gasteiger partial charge in [-0.3, -0.25) is 4.99 Å². The number of nitrogens with one attached hydrogen (secondary N) is 1. The third-order valence-electron chi connectivity index (χ3n) is 7.16. The maximum Gasteiger partial charge on any atom is 0.128 e. The fraction of sp³-hybridized carbons (Fsp3) is 0.156. The molecule has 0 bridgehead atoms. The lowest BCUT2D eigenvalue weighted by Crippen LogP contribution is -2.28. The van der Waals surface area contributed by atoms with Crippen LogP contribution in [0.5, 0.6) is 5.75 Å². The van der Waals surface area contributed by atoms with Crippen LogP contribution < -0.4 is 10.1 Å². The van der Waals surface area contributed by atoms with Crippen LogP contribution in [0.2, 0.25) is 0 Å². The largest absolute Gasteiger partial charge is 0.488 e. The minimum atomic E-state index is -0.255. The molecule has 0 amide bonds. The zero-order valence-electron chi connectivity index (χ0n) is 20.1. The first-order chi connectivity index (χ1) is 18.1. The molecule has 1 heterocycles. The van der Waals surface area contributed by atoms with Crippen LogP contribution in [-0.2, 0) is 6.61 Å². The molecule has 1 aliphatic heterocycles. The number of ether oxygens (including phenoxy) is 1. The molecule has 4 aromatic carbocycles. The highest BCUT2D eigenvalue weighted by atomic mass is 79.9. The molecule has 2 aliphatic rings. The first kappa shape index (κ1) is 23.7. The second-order valence-electron chi connectivity index (χ2n) is 9.51. The highest BCUT2D eigenvalue weighted by molar-refractivity contribution is 9.10. The first-order valence-electron chi connectivity index (χ1n) is 12.5. The van der Waals surface area contributed by atoms with Crippen molar-refractivity contribution in [3.05, 3.63) is 136 Å². The second-order valence-corrected chi connectivity index (χ2v) is 10.4. The first-order valence-corrected chi connectivity index (χ1v) is 13.3. The van der Waals surface area contributed by atoms with E-state index < -0.39 is 0 Å². The number of allylic oxidation sites excluding steroid dienone is 2. The van der Waals surface area contributed by atoms with E-state index in [1.54, 1.807) is 12.1 Å². The van der Waals surface area contributed by atoms with E-state index in [9.17, 15) is 4.39 Å². The van der Waals surface area contributed by atoms with E-state index in [4.69, 9.17) is 9.73 Å². The summed E-state index contributed by atoms with van der Waals surface area (Å²) in [4.78, 5) is 4.73. The molecule has 37 heavy (non-hydrogen) atoms. The van der Waals surface area contributed by atoms with Gasteiger partial charge in [0.2, 0.25) is 0 Å². The van der Waals surface area contributed by atoms with Gasteiger partial charge in [0.25, 0.3) is 0 Å². The molecule has 0 radical (unpaired) electrons. The van der Waals surface area contributed by atoms with Gasteiger partial charge in [-0.15, -0.1) is 0 Å². The molecule has 3 atom stereocenters. The molecule has 0 saturated heterocycles. The van der Waals surface area contributed by atoms with Crippen molar-refractivity contribution in [3.63, 3.8) is 0 Å². The van der Waals surface area contributed by atoms with Crippen LogP contribution in [0.4, 0.5) is 15.8 Å². The Balaban J connectivity index is 1.18. The molecule has 0 aromatic heterocycles. The van der Waals surface area contributed by atoms with E-state index in [0.717, 1.165) is 33.5 Å². The Hall–Kier alpha value is -3.70. The number of nitrogens with zero attached hydrogens (tertiary/aromatic N) is 1.